The summed E-state index contributed by atoms with van der Waals surface area (Å²) in [6, 6.07) is 5.63. The van der Waals surface area contributed by atoms with Gasteiger partial charge < -0.3 is 14.2 Å². The summed E-state index contributed by atoms with van der Waals surface area (Å²) in [5, 5.41) is 0.315. The van der Waals surface area contributed by atoms with Crippen molar-refractivity contribution >= 4 is 27.5 Å². The highest BCUT2D eigenvalue weighted by molar-refractivity contribution is 9.10. The molecule has 1 aliphatic heterocycles. The van der Waals surface area contributed by atoms with Crippen LogP contribution >= 0.6 is 27.5 Å². The minimum absolute atomic E-state index is 0.257. The van der Waals surface area contributed by atoms with E-state index in [2.05, 4.69) is 25.9 Å². The topological polar surface area (TPSA) is 53.5 Å². The number of nitrogens with zero attached hydrogens (tertiary/aromatic N) is 2. The summed E-state index contributed by atoms with van der Waals surface area (Å²) >= 11 is 9.13. The summed E-state index contributed by atoms with van der Waals surface area (Å²) in [5.74, 6) is 1.87. The maximum Gasteiger partial charge on any atom is 0.233 e. The Morgan fingerprint density at radius 1 is 1.26 bits per heavy atom. The summed E-state index contributed by atoms with van der Waals surface area (Å²) in [6.45, 7) is 0.606. The lowest BCUT2D eigenvalue weighted by atomic mass is 10.2. The summed E-state index contributed by atoms with van der Waals surface area (Å²) in [4.78, 5) is 7.84. The molecular weight excluding hydrogens is 335 g/mol. The molecule has 2 aromatic rings. The third kappa shape index (κ3) is 2.59. The quantitative estimate of drug-likeness (QED) is 0.801. The van der Waals surface area contributed by atoms with Gasteiger partial charge >= 0.3 is 0 Å². The first-order chi connectivity index (χ1) is 9.24. The number of ether oxygens (including phenoxy) is 3. The van der Waals surface area contributed by atoms with Crippen LogP contribution < -0.4 is 14.2 Å². The SMILES string of the molecule is Clc1ncnc(OCc2ccc3c(c2)OCO3)c1Br. The first-order valence-electron chi connectivity index (χ1n) is 5.41. The van der Waals surface area contributed by atoms with Gasteiger partial charge in [-0.15, -0.1) is 0 Å². The number of aromatic nitrogens is 2. The smallest absolute Gasteiger partial charge is 0.233 e. The van der Waals surface area contributed by atoms with Gasteiger partial charge in [-0.05, 0) is 33.6 Å². The third-order valence-corrected chi connectivity index (χ3v) is 3.76. The van der Waals surface area contributed by atoms with Gasteiger partial charge in [0.2, 0.25) is 12.7 Å². The van der Waals surface area contributed by atoms with Crippen LogP contribution in [0.4, 0.5) is 0 Å². The lowest BCUT2D eigenvalue weighted by Gasteiger charge is -2.07. The summed E-state index contributed by atoms with van der Waals surface area (Å²) < 4.78 is 16.7. The van der Waals surface area contributed by atoms with E-state index < -0.39 is 0 Å². The molecule has 0 atom stereocenters. The molecule has 7 heteroatoms. The lowest BCUT2D eigenvalue weighted by molar-refractivity contribution is 0.174. The Labute approximate surface area is 122 Å². The van der Waals surface area contributed by atoms with E-state index in [0.29, 0.717) is 22.1 Å². The Morgan fingerprint density at radius 3 is 3.00 bits per heavy atom. The Bertz CT molecular complexity index is 624. The van der Waals surface area contributed by atoms with Crippen LogP contribution in [-0.4, -0.2) is 16.8 Å². The predicted octanol–water partition coefficient (Wildman–Crippen LogP) is 3.20. The van der Waals surface area contributed by atoms with Crippen molar-refractivity contribution in [2.75, 3.05) is 6.79 Å². The molecule has 0 radical (unpaired) electrons. The van der Waals surface area contributed by atoms with Crippen molar-refractivity contribution in [2.24, 2.45) is 0 Å². The van der Waals surface area contributed by atoms with Crippen molar-refractivity contribution < 1.29 is 14.2 Å². The van der Waals surface area contributed by atoms with Crippen LogP contribution in [0.3, 0.4) is 0 Å². The van der Waals surface area contributed by atoms with E-state index in [-0.39, 0.29) is 6.79 Å². The second kappa shape index (κ2) is 5.22. The number of rotatable bonds is 3. The van der Waals surface area contributed by atoms with E-state index in [1.807, 2.05) is 18.2 Å². The second-order valence-electron chi connectivity index (χ2n) is 3.76. The van der Waals surface area contributed by atoms with Crippen molar-refractivity contribution in [1.82, 2.24) is 9.97 Å². The van der Waals surface area contributed by atoms with E-state index in [9.17, 15) is 0 Å². The molecule has 19 heavy (non-hydrogen) atoms. The van der Waals surface area contributed by atoms with Gasteiger partial charge in [0.15, 0.2) is 16.7 Å². The molecule has 1 aromatic carbocycles. The average molecular weight is 344 g/mol. The Kier molecular flexibility index (Phi) is 3.44. The molecule has 1 aliphatic rings. The average Bonchev–Trinajstić information content (AvgIpc) is 2.88. The Balaban J connectivity index is 1.74. The molecule has 0 fully saturated rings. The summed E-state index contributed by atoms with van der Waals surface area (Å²) in [5.41, 5.74) is 0.950. The molecule has 3 rings (SSSR count). The zero-order valence-corrected chi connectivity index (χ0v) is 11.9. The molecule has 0 N–H and O–H groups in total. The number of halogens is 2. The van der Waals surface area contributed by atoms with Crippen LogP contribution in [0.5, 0.6) is 17.4 Å². The molecule has 0 spiro atoms. The molecule has 0 saturated carbocycles. The first-order valence-corrected chi connectivity index (χ1v) is 6.58. The fourth-order valence-corrected chi connectivity index (χ4v) is 2.06. The number of hydrogen-bond donors (Lipinski definition) is 0. The summed E-state index contributed by atoms with van der Waals surface area (Å²) in [7, 11) is 0. The molecule has 0 bridgehead atoms. The molecule has 0 unspecified atom stereocenters. The zero-order valence-electron chi connectivity index (χ0n) is 9.60. The third-order valence-electron chi connectivity index (χ3n) is 2.53. The van der Waals surface area contributed by atoms with Crippen LogP contribution in [0.15, 0.2) is 29.0 Å². The Hall–Kier alpha value is -1.53. The molecular formula is C12H8BrClN2O3. The van der Waals surface area contributed by atoms with E-state index in [0.717, 1.165) is 17.1 Å². The highest BCUT2D eigenvalue weighted by Crippen LogP contribution is 2.33. The zero-order chi connectivity index (χ0) is 13.2. The van der Waals surface area contributed by atoms with Gasteiger partial charge in [-0.3, -0.25) is 0 Å². The van der Waals surface area contributed by atoms with Crippen molar-refractivity contribution in [1.29, 1.82) is 0 Å². The maximum atomic E-state index is 5.86. The van der Waals surface area contributed by atoms with Crippen molar-refractivity contribution in [3.63, 3.8) is 0 Å². The van der Waals surface area contributed by atoms with Gasteiger partial charge in [0, 0.05) is 0 Å². The maximum absolute atomic E-state index is 5.86. The van der Waals surface area contributed by atoms with Crippen molar-refractivity contribution in [3.8, 4) is 17.4 Å². The highest BCUT2D eigenvalue weighted by Gasteiger charge is 2.14. The normalized spacial score (nSPS) is 12.5. The number of fused-ring (bicyclic) bond motifs is 1. The van der Waals surface area contributed by atoms with Crippen LogP contribution in [-0.2, 0) is 6.61 Å². The van der Waals surface area contributed by atoms with Crippen molar-refractivity contribution in [3.05, 3.63) is 39.7 Å². The second-order valence-corrected chi connectivity index (χ2v) is 4.91. The van der Waals surface area contributed by atoms with E-state index in [4.69, 9.17) is 25.8 Å². The predicted molar refractivity (Wildman–Crippen MR) is 71.6 cm³/mol. The fraction of sp³-hybridized carbons (Fsp3) is 0.167. The minimum atomic E-state index is 0.257. The first kappa shape index (κ1) is 12.5. The molecule has 1 aromatic heterocycles. The van der Waals surface area contributed by atoms with Gasteiger partial charge in [-0.25, -0.2) is 9.97 Å². The fourth-order valence-electron chi connectivity index (χ4n) is 1.62. The van der Waals surface area contributed by atoms with Gasteiger partial charge in [-0.1, -0.05) is 17.7 Å². The van der Waals surface area contributed by atoms with Gasteiger partial charge in [0.05, 0.1) is 0 Å². The van der Waals surface area contributed by atoms with E-state index in [1.165, 1.54) is 6.33 Å². The van der Waals surface area contributed by atoms with E-state index in [1.54, 1.807) is 0 Å². The van der Waals surface area contributed by atoms with Crippen LogP contribution in [0.1, 0.15) is 5.56 Å². The van der Waals surface area contributed by atoms with Crippen LogP contribution in [0, 0.1) is 0 Å². The Morgan fingerprint density at radius 2 is 2.11 bits per heavy atom. The molecule has 2 heterocycles. The molecule has 0 saturated heterocycles. The van der Waals surface area contributed by atoms with Gasteiger partial charge in [-0.2, -0.15) is 0 Å². The molecule has 0 aliphatic carbocycles. The van der Waals surface area contributed by atoms with Gasteiger partial charge in [0.25, 0.3) is 0 Å². The molecule has 0 amide bonds. The van der Waals surface area contributed by atoms with Crippen LogP contribution in [0.2, 0.25) is 5.15 Å². The minimum Gasteiger partial charge on any atom is -0.472 e. The number of benzene rings is 1. The highest BCUT2D eigenvalue weighted by atomic mass is 79.9. The largest absolute Gasteiger partial charge is 0.472 e. The monoisotopic (exact) mass is 342 g/mol. The lowest BCUT2D eigenvalue weighted by Crippen LogP contribution is -1.99. The van der Waals surface area contributed by atoms with Crippen molar-refractivity contribution in [2.45, 2.75) is 6.61 Å². The summed E-state index contributed by atoms with van der Waals surface area (Å²) in [6.07, 6.45) is 1.35. The van der Waals surface area contributed by atoms with Crippen LogP contribution in [0.25, 0.3) is 0 Å². The molecule has 5 nitrogen and oxygen atoms in total. The molecule has 98 valence electrons. The standard InChI is InChI=1S/C12H8BrClN2O3/c13-10-11(14)15-5-16-12(10)17-4-7-1-2-8-9(3-7)19-6-18-8/h1-3,5H,4,6H2. The van der Waals surface area contributed by atoms with Gasteiger partial charge in [0.1, 0.15) is 17.4 Å². The van der Waals surface area contributed by atoms with E-state index >= 15 is 0 Å². The number of hydrogen-bond acceptors (Lipinski definition) is 5.